The summed E-state index contributed by atoms with van der Waals surface area (Å²) in [5.74, 6) is -5.17. The molecule has 0 heterocycles. The number of carboxylic acids is 2. The molecule has 3 aliphatic carbocycles. The van der Waals surface area contributed by atoms with E-state index in [9.17, 15) is 24.6 Å². The van der Waals surface area contributed by atoms with Crippen molar-refractivity contribution in [2.24, 2.45) is 23.2 Å². The average Bonchev–Trinajstić information content (AvgIpc) is 2.38. The van der Waals surface area contributed by atoms with Crippen LogP contribution >= 0.6 is 0 Å². The summed E-state index contributed by atoms with van der Waals surface area (Å²) in [7, 11) is 0. The number of carbonyl (C=O) groups excluding carboxylic acids is 1. The van der Waals surface area contributed by atoms with Crippen LogP contribution in [0.5, 0.6) is 0 Å². The van der Waals surface area contributed by atoms with Crippen LogP contribution in [-0.4, -0.2) is 34.7 Å². The molecule has 3 saturated carbocycles. The molecule has 0 aromatic rings. The molecular formula is C13H18O6. The number of aliphatic carboxylic acids is 2. The maximum Gasteiger partial charge on any atom is 0.312 e. The van der Waals surface area contributed by atoms with E-state index in [-0.39, 0.29) is 12.5 Å². The Morgan fingerprint density at radius 3 is 2.16 bits per heavy atom. The lowest BCUT2D eigenvalue weighted by Crippen LogP contribution is -2.57. The van der Waals surface area contributed by atoms with Gasteiger partial charge in [0.25, 0.3) is 0 Å². The van der Waals surface area contributed by atoms with E-state index in [1.807, 2.05) is 0 Å². The number of ether oxygens (including phenoxy) is 1. The maximum atomic E-state index is 12.2. The van der Waals surface area contributed by atoms with Crippen molar-refractivity contribution in [3.05, 3.63) is 0 Å². The molecule has 0 radical (unpaired) electrons. The first-order valence-corrected chi connectivity index (χ1v) is 6.57. The average molecular weight is 270 g/mol. The van der Waals surface area contributed by atoms with E-state index in [2.05, 4.69) is 0 Å². The number of carbonyl (C=O) groups is 3. The van der Waals surface area contributed by atoms with E-state index in [0.29, 0.717) is 25.7 Å². The van der Waals surface area contributed by atoms with Gasteiger partial charge in [-0.1, -0.05) is 0 Å². The Kier molecular flexibility index (Phi) is 3.52. The summed E-state index contributed by atoms with van der Waals surface area (Å²) < 4.78 is 5.01. The first-order valence-electron chi connectivity index (χ1n) is 6.57. The molecule has 3 rings (SSSR count). The van der Waals surface area contributed by atoms with Gasteiger partial charge < -0.3 is 14.9 Å². The minimum Gasteiger partial charge on any atom is -0.481 e. The SMILES string of the molecule is CCOC(=O)C12CCC(CC1)C(C(=O)O)C2C(=O)O. The Bertz CT molecular complexity index is 407. The lowest BCUT2D eigenvalue weighted by Gasteiger charge is -2.51. The molecule has 2 N–H and O–H groups in total. The highest BCUT2D eigenvalue weighted by Gasteiger charge is 2.63. The van der Waals surface area contributed by atoms with E-state index < -0.39 is 35.2 Å². The highest BCUT2D eigenvalue weighted by Crippen LogP contribution is 2.57. The Balaban J connectivity index is 2.42. The third kappa shape index (κ3) is 1.99. The van der Waals surface area contributed by atoms with Gasteiger partial charge in [-0.2, -0.15) is 0 Å². The fourth-order valence-corrected chi connectivity index (χ4v) is 3.78. The first-order chi connectivity index (χ1) is 8.94. The van der Waals surface area contributed by atoms with Gasteiger partial charge in [-0.05, 0) is 38.5 Å². The van der Waals surface area contributed by atoms with Gasteiger partial charge in [-0.25, -0.2) is 0 Å². The quantitative estimate of drug-likeness (QED) is 0.743. The summed E-state index contributed by atoms with van der Waals surface area (Å²) in [6.07, 6.45) is 1.99. The normalized spacial score (nSPS) is 36.8. The molecule has 6 heteroatoms. The van der Waals surface area contributed by atoms with E-state index in [1.165, 1.54) is 0 Å². The van der Waals surface area contributed by atoms with E-state index in [1.54, 1.807) is 6.92 Å². The Hall–Kier alpha value is -1.59. The largest absolute Gasteiger partial charge is 0.481 e. The molecule has 19 heavy (non-hydrogen) atoms. The molecule has 0 amide bonds. The van der Waals surface area contributed by atoms with Crippen molar-refractivity contribution in [1.82, 2.24) is 0 Å². The summed E-state index contributed by atoms with van der Waals surface area (Å²) in [6.45, 7) is 1.83. The van der Waals surface area contributed by atoms with Crippen molar-refractivity contribution < 1.29 is 29.3 Å². The Morgan fingerprint density at radius 1 is 1.16 bits per heavy atom. The molecule has 3 fully saturated rings. The van der Waals surface area contributed by atoms with Crippen LogP contribution in [0.2, 0.25) is 0 Å². The zero-order valence-electron chi connectivity index (χ0n) is 10.8. The minimum atomic E-state index is -1.20. The van der Waals surface area contributed by atoms with Gasteiger partial charge >= 0.3 is 17.9 Å². The lowest BCUT2D eigenvalue weighted by molar-refractivity contribution is -0.190. The standard InChI is InChI=1S/C13H18O6/c1-2-19-12(18)13-5-3-7(4-6-13)8(10(14)15)9(13)11(16)17/h7-9H,2-6H2,1H3,(H,14,15)(H,16,17). The lowest BCUT2D eigenvalue weighted by atomic mass is 9.50. The van der Waals surface area contributed by atoms with E-state index >= 15 is 0 Å². The zero-order valence-corrected chi connectivity index (χ0v) is 10.8. The summed E-state index contributed by atoms with van der Waals surface area (Å²) >= 11 is 0. The van der Waals surface area contributed by atoms with Gasteiger partial charge in [0, 0.05) is 0 Å². The third-order valence-electron chi connectivity index (χ3n) is 4.62. The predicted molar refractivity (Wildman–Crippen MR) is 63.3 cm³/mol. The topological polar surface area (TPSA) is 101 Å². The van der Waals surface area contributed by atoms with Crippen LogP contribution < -0.4 is 0 Å². The Morgan fingerprint density at radius 2 is 1.74 bits per heavy atom. The van der Waals surface area contributed by atoms with Crippen LogP contribution in [0.15, 0.2) is 0 Å². The van der Waals surface area contributed by atoms with E-state index in [0.717, 1.165) is 0 Å². The maximum absolute atomic E-state index is 12.2. The van der Waals surface area contributed by atoms with Crippen LogP contribution in [-0.2, 0) is 19.1 Å². The molecule has 0 aliphatic heterocycles. The van der Waals surface area contributed by atoms with Gasteiger partial charge in [-0.15, -0.1) is 0 Å². The number of hydrogen-bond acceptors (Lipinski definition) is 4. The minimum absolute atomic E-state index is 0.144. The van der Waals surface area contributed by atoms with Crippen molar-refractivity contribution in [3.8, 4) is 0 Å². The summed E-state index contributed by atoms with van der Waals surface area (Å²) in [6, 6.07) is 0. The van der Waals surface area contributed by atoms with Crippen LogP contribution in [0.1, 0.15) is 32.6 Å². The molecule has 106 valence electrons. The van der Waals surface area contributed by atoms with Gasteiger partial charge in [0.05, 0.1) is 23.9 Å². The van der Waals surface area contributed by atoms with Crippen molar-refractivity contribution in [2.45, 2.75) is 32.6 Å². The van der Waals surface area contributed by atoms with Crippen LogP contribution in [0, 0.1) is 23.2 Å². The van der Waals surface area contributed by atoms with Gasteiger partial charge in [0.1, 0.15) is 0 Å². The monoisotopic (exact) mass is 270 g/mol. The van der Waals surface area contributed by atoms with E-state index in [4.69, 9.17) is 4.74 Å². The number of fused-ring (bicyclic) bond motifs is 3. The molecule has 2 atom stereocenters. The zero-order chi connectivity index (χ0) is 14.2. The number of esters is 1. The van der Waals surface area contributed by atoms with Crippen molar-refractivity contribution in [2.75, 3.05) is 6.61 Å². The fraction of sp³-hybridized carbons (Fsp3) is 0.769. The van der Waals surface area contributed by atoms with Crippen molar-refractivity contribution in [3.63, 3.8) is 0 Å². The van der Waals surface area contributed by atoms with Gasteiger partial charge in [0.15, 0.2) is 0 Å². The number of hydrogen-bond donors (Lipinski definition) is 2. The molecule has 6 nitrogen and oxygen atoms in total. The van der Waals surface area contributed by atoms with Crippen molar-refractivity contribution >= 4 is 17.9 Å². The summed E-state index contributed by atoms with van der Waals surface area (Å²) in [5.41, 5.74) is -1.15. The molecule has 0 saturated heterocycles. The smallest absolute Gasteiger partial charge is 0.312 e. The molecular weight excluding hydrogens is 252 g/mol. The first kappa shape index (κ1) is 13.8. The molecule has 0 aromatic carbocycles. The molecule has 0 aromatic heterocycles. The van der Waals surface area contributed by atoms with Crippen LogP contribution in [0.4, 0.5) is 0 Å². The van der Waals surface area contributed by atoms with Crippen molar-refractivity contribution in [1.29, 1.82) is 0 Å². The molecule has 3 aliphatic rings. The second-order valence-corrected chi connectivity index (χ2v) is 5.39. The molecule has 2 unspecified atom stereocenters. The second kappa shape index (κ2) is 4.83. The highest BCUT2D eigenvalue weighted by molar-refractivity contribution is 5.89. The fourth-order valence-electron chi connectivity index (χ4n) is 3.78. The van der Waals surface area contributed by atoms with Gasteiger partial charge in [-0.3, -0.25) is 14.4 Å². The van der Waals surface area contributed by atoms with Crippen LogP contribution in [0.3, 0.4) is 0 Å². The third-order valence-corrected chi connectivity index (χ3v) is 4.62. The van der Waals surface area contributed by atoms with Gasteiger partial charge in [0.2, 0.25) is 0 Å². The summed E-state index contributed by atoms with van der Waals surface area (Å²) in [5, 5.41) is 18.7. The second-order valence-electron chi connectivity index (χ2n) is 5.39. The molecule has 0 spiro atoms. The van der Waals surface area contributed by atoms with Crippen LogP contribution in [0.25, 0.3) is 0 Å². The predicted octanol–water partition coefficient (Wildman–Crippen LogP) is 1.14. The number of rotatable bonds is 4. The molecule has 2 bridgehead atoms. The Labute approximate surface area is 110 Å². The summed E-state index contributed by atoms with van der Waals surface area (Å²) in [4.78, 5) is 35.0. The number of carboxylic acid groups (broad SMARTS) is 2. The highest BCUT2D eigenvalue weighted by atomic mass is 16.5.